The van der Waals surface area contributed by atoms with Crippen molar-refractivity contribution in [1.82, 2.24) is 16.0 Å². The van der Waals surface area contributed by atoms with E-state index in [2.05, 4.69) is 33.1 Å². The molecule has 0 aliphatic heterocycles. The first kappa shape index (κ1) is 17.0. The summed E-state index contributed by atoms with van der Waals surface area (Å²) < 4.78 is 13.5. The fourth-order valence-corrected chi connectivity index (χ4v) is 2.32. The van der Waals surface area contributed by atoms with Crippen molar-refractivity contribution in [1.29, 1.82) is 0 Å². The van der Waals surface area contributed by atoms with Crippen LogP contribution in [0.1, 0.15) is 28.8 Å². The van der Waals surface area contributed by atoms with Crippen molar-refractivity contribution in [2.45, 2.75) is 25.8 Å². The van der Waals surface area contributed by atoms with Crippen LogP contribution >= 0.6 is 0 Å². The van der Waals surface area contributed by atoms with E-state index in [-0.39, 0.29) is 11.7 Å². The summed E-state index contributed by atoms with van der Waals surface area (Å²) >= 11 is 0. The molecule has 3 N–H and O–H groups in total. The summed E-state index contributed by atoms with van der Waals surface area (Å²) in [7, 11) is 1.71. The molecule has 5 nitrogen and oxygen atoms in total. The molecule has 0 saturated carbocycles. The molecule has 0 aromatic heterocycles. The maximum Gasteiger partial charge on any atom is 0.251 e. The van der Waals surface area contributed by atoms with Crippen LogP contribution in [0.2, 0.25) is 0 Å². The van der Waals surface area contributed by atoms with Gasteiger partial charge in [0.1, 0.15) is 5.82 Å². The molecule has 1 aliphatic carbocycles. The topological polar surface area (TPSA) is 65.5 Å². The van der Waals surface area contributed by atoms with Gasteiger partial charge in [-0.25, -0.2) is 4.39 Å². The molecule has 0 saturated heterocycles. The highest BCUT2D eigenvalue weighted by atomic mass is 19.1. The molecular formula is C17H23FN4O. The van der Waals surface area contributed by atoms with Crippen molar-refractivity contribution >= 4 is 11.9 Å². The van der Waals surface area contributed by atoms with Crippen molar-refractivity contribution < 1.29 is 9.18 Å². The SMILES string of the molecule is CN=C(NCCNC(=O)c1ccc(C)c(F)c1)NC1CC=CC1. The normalized spacial score (nSPS) is 14.8. The summed E-state index contributed by atoms with van der Waals surface area (Å²) in [5.74, 6) is 0.0634. The first-order chi connectivity index (χ1) is 11.1. The van der Waals surface area contributed by atoms with Crippen LogP contribution in [0.5, 0.6) is 0 Å². The third kappa shape index (κ3) is 5.09. The van der Waals surface area contributed by atoms with Gasteiger partial charge in [0.25, 0.3) is 5.91 Å². The number of amides is 1. The Morgan fingerprint density at radius 3 is 2.61 bits per heavy atom. The van der Waals surface area contributed by atoms with Crippen molar-refractivity contribution in [3.05, 3.63) is 47.3 Å². The number of guanidine groups is 1. The number of nitrogens with zero attached hydrogens (tertiary/aromatic N) is 1. The van der Waals surface area contributed by atoms with Gasteiger partial charge in [-0.3, -0.25) is 9.79 Å². The van der Waals surface area contributed by atoms with Gasteiger partial charge in [-0.15, -0.1) is 0 Å². The Morgan fingerprint density at radius 1 is 1.26 bits per heavy atom. The average molecular weight is 318 g/mol. The number of hydrogen-bond acceptors (Lipinski definition) is 2. The molecule has 6 heteroatoms. The molecule has 1 aromatic carbocycles. The molecule has 0 atom stereocenters. The van der Waals surface area contributed by atoms with Crippen LogP contribution in [0.3, 0.4) is 0 Å². The van der Waals surface area contributed by atoms with Crippen molar-refractivity contribution in [2.75, 3.05) is 20.1 Å². The molecule has 0 heterocycles. The molecule has 1 amide bonds. The molecule has 1 aromatic rings. The van der Waals surface area contributed by atoms with Crippen LogP contribution in [0.4, 0.5) is 4.39 Å². The molecule has 23 heavy (non-hydrogen) atoms. The number of nitrogens with one attached hydrogen (secondary N) is 3. The van der Waals surface area contributed by atoms with Crippen molar-refractivity contribution in [2.24, 2.45) is 4.99 Å². The number of aryl methyl sites for hydroxylation is 1. The van der Waals surface area contributed by atoms with Gasteiger partial charge in [0.2, 0.25) is 0 Å². The number of aliphatic imine (C=N–C) groups is 1. The second-order valence-corrected chi connectivity index (χ2v) is 5.50. The van der Waals surface area contributed by atoms with Crippen LogP contribution in [0, 0.1) is 12.7 Å². The molecule has 0 spiro atoms. The second kappa shape index (κ2) is 8.31. The monoisotopic (exact) mass is 318 g/mol. The standard InChI is InChI=1S/C17H23FN4O/c1-12-7-8-13(11-15(12)18)16(23)20-9-10-21-17(19-2)22-14-5-3-4-6-14/h3-4,7-8,11,14H,5-6,9-10H2,1-2H3,(H,20,23)(H2,19,21,22). The van der Waals surface area contributed by atoms with Gasteiger partial charge in [0, 0.05) is 31.7 Å². The summed E-state index contributed by atoms with van der Waals surface area (Å²) in [6.45, 7) is 2.64. The Morgan fingerprint density at radius 2 is 1.96 bits per heavy atom. The van der Waals surface area contributed by atoms with Gasteiger partial charge >= 0.3 is 0 Å². The van der Waals surface area contributed by atoms with Gasteiger partial charge < -0.3 is 16.0 Å². The van der Waals surface area contributed by atoms with Gasteiger partial charge in [-0.1, -0.05) is 18.2 Å². The number of rotatable bonds is 5. The van der Waals surface area contributed by atoms with E-state index >= 15 is 0 Å². The molecule has 0 unspecified atom stereocenters. The van der Waals surface area contributed by atoms with E-state index in [4.69, 9.17) is 0 Å². The highest BCUT2D eigenvalue weighted by Crippen LogP contribution is 2.09. The molecule has 0 radical (unpaired) electrons. The fourth-order valence-electron chi connectivity index (χ4n) is 2.32. The smallest absolute Gasteiger partial charge is 0.251 e. The maximum atomic E-state index is 13.5. The number of hydrogen-bond donors (Lipinski definition) is 3. The van der Waals surface area contributed by atoms with E-state index in [1.54, 1.807) is 26.1 Å². The molecule has 1 aliphatic rings. The highest BCUT2D eigenvalue weighted by Gasteiger charge is 2.11. The first-order valence-corrected chi connectivity index (χ1v) is 7.76. The Kier molecular flexibility index (Phi) is 6.14. The predicted octanol–water partition coefficient (Wildman–Crippen LogP) is 1.75. The zero-order valence-electron chi connectivity index (χ0n) is 13.5. The molecule has 0 bridgehead atoms. The molecule has 2 rings (SSSR count). The fraction of sp³-hybridized carbons (Fsp3) is 0.412. The Bertz CT molecular complexity index is 605. The number of halogens is 1. The lowest BCUT2D eigenvalue weighted by Crippen LogP contribution is -2.45. The minimum absolute atomic E-state index is 0.284. The summed E-state index contributed by atoms with van der Waals surface area (Å²) in [5.41, 5.74) is 0.854. The Labute approximate surface area is 136 Å². The van der Waals surface area contributed by atoms with Crippen LogP contribution < -0.4 is 16.0 Å². The lowest BCUT2D eigenvalue weighted by Gasteiger charge is -2.17. The van der Waals surface area contributed by atoms with Crippen molar-refractivity contribution in [3.8, 4) is 0 Å². The first-order valence-electron chi connectivity index (χ1n) is 7.76. The summed E-state index contributed by atoms with van der Waals surface area (Å²) in [6.07, 6.45) is 6.28. The largest absolute Gasteiger partial charge is 0.355 e. The minimum Gasteiger partial charge on any atom is -0.355 e. The zero-order chi connectivity index (χ0) is 16.7. The van der Waals surface area contributed by atoms with Crippen molar-refractivity contribution in [3.63, 3.8) is 0 Å². The third-order valence-electron chi connectivity index (χ3n) is 3.71. The van der Waals surface area contributed by atoms with E-state index in [9.17, 15) is 9.18 Å². The summed E-state index contributed by atoms with van der Waals surface area (Å²) in [6, 6.07) is 4.86. The van der Waals surface area contributed by atoms with Crippen LogP contribution in [0.15, 0.2) is 35.3 Å². The number of carbonyl (C=O) groups excluding carboxylic acids is 1. The van der Waals surface area contributed by atoms with Gasteiger partial charge in [-0.2, -0.15) is 0 Å². The highest BCUT2D eigenvalue weighted by molar-refractivity contribution is 5.94. The van der Waals surface area contributed by atoms with Crippen LogP contribution in [-0.2, 0) is 0 Å². The average Bonchev–Trinajstić information content (AvgIpc) is 3.05. The van der Waals surface area contributed by atoms with E-state index in [0.717, 1.165) is 12.8 Å². The second-order valence-electron chi connectivity index (χ2n) is 5.50. The van der Waals surface area contributed by atoms with E-state index in [1.807, 2.05) is 0 Å². The molecular weight excluding hydrogens is 295 g/mol. The lowest BCUT2D eigenvalue weighted by atomic mass is 10.1. The summed E-state index contributed by atoms with van der Waals surface area (Å²) in [5, 5.41) is 9.21. The maximum absolute atomic E-state index is 13.5. The predicted molar refractivity (Wildman–Crippen MR) is 90.1 cm³/mol. The van der Waals surface area contributed by atoms with Gasteiger partial charge in [-0.05, 0) is 37.5 Å². The van der Waals surface area contributed by atoms with E-state index in [0.29, 0.717) is 36.2 Å². The van der Waals surface area contributed by atoms with E-state index in [1.165, 1.54) is 6.07 Å². The van der Waals surface area contributed by atoms with Crippen LogP contribution in [0.25, 0.3) is 0 Å². The molecule has 124 valence electrons. The Balaban J connectivity index is 1.71. The number of carbonyl (C=O) groups is 1. The van der Waals surface area contributed by atoms with Gasteiger partial charge in [0.05, 0.1) is 0 Å². The summed E-state index contributed by atoms with van der Waals surface area (Å²) in [4.78, 5) is 16.1. The quantitative estimate of drug-likeness (QED) is 0.335. The Hall–Kier alpha value is -2.37. The van der Waals surface area contributed by atoms with E-state index < -0.39 is 0 Å². The molecule has 0 fully saturated rings. The minimum atomic E-state index is -0.370. The van der Waals surface area contributed by atoms with Gasteiger partial charge in [0.15, 0.2) is 5.96 Å². The van der Waals surface area contributed by atoms with Crippen LogP contribution in [-0.4, -0.2) is 38.0 Å². The lowest BCUT2D eigenvalue weighted by molar-refractivity contribution is 0.0954. The number of benzene rings is 1. The zero-order valence-corrected chi connectivity index (χ0v) is 13.5. The third-order valence-corrected chi connectivity index (χ3v) is 3.71.